The van der Waals surface area contributed by atoms with Crippen LogP contribution < -0.4 is 11.1 Å². The highest BCUT2D eigenvalue weighted by atomic mass is 32.2. The van der Waals surface area contributed by atoms with Crippen LogP contribution in [-0.4, -0.2) is 30.0 Å². The van der Waals surface area contributed by atoms with Crippen LogP contribution in [0.25, 0.3) is 0 Å². The van der Waals surface area contributed by atoms with E-state index < -0.39 is 0 Å². The molecule has 0 bridgehead atoms. The number of nitrogens with two attached hydrogens (primary N) is 1. The molecule has 1 aliphatic rings. The van der Waals surface area contributed by atoms with Crippen molar-refractivity contribution in [2.45, 2.75) is 32.2 Å². The number of rotatable bonds is 6. The van der Waals surface area contributed by atoms with Gasteiger partial charge in [0.1, 0.15) is 0 Å². The van der Waals surface area contributed by atoms with E-state index in [0.29, 0.717) is 0 Å². The molecule has 0 heterocycles. The summed E-state index contributed by atoms with van der Waals surface area (Å²) in [5.74, 6) is 1.99. The molecule has 3 N–H and O–H groups in total. The van der Waals surface area contributed by atoms with Crippen molar-refractivity contribution in [1.82, 2.24) is 5.32 Å². The first-order chi connectivity index (χ1) is 7.61. The number of hydrogen-bond donors (Lipinski definition) is 2. The Morgan fingerprint density at radius 1 is 1.75 bits per heavy atom. The van der Waals surface area contributed by atoms with Gasteiger partial charge in [-0.3, -0.25) is 4.79 Å². The molecule has 0 aromatic carbocycles. The van der Waals surface area contributed by atoms with Gasteiger partial charge >= 0.3 is 0 Å². The van der Waals surface area contributed by atoms with Gasteiger partial charge in [0.15, 0.2) is 0 Å². The topological polar surface area (TPSA) is 55.1 Å². The molecule has 0 aliphatic heterocycles. The van der Waals surface area contributed by atoms with Crippen molar-refractivity contribution in [3.8, 4) is 0 Å². The van der Waals surface area contributed by atoms with Gasteiger partial charge in [-0.1, -0.05) is 12.5 Å². The molecular weight excluding hydrogens is 220 g/mol. The lowest BCUT2D eigenvalue weighted by molar-refractivity contribution is -0.130. The Labute approximate surface area is 102 Å². The minimum absolute atomic E-state index is 0.0216. The molecule has 0 aromatic rings. The van der Waals surface area contributed by atoms with Gasteiger partial charge in [0.25, 0.3) is 0 Å². The Morgan fingerprint density at radius 2 is 2.50 bits per heavy atom. The monoisotopic (exact) mass is 242 g/mol. The van der Waals surface area contributed by atoms with Crippen LogP contribution >= 0.6 is 11.8 Å². The second kappa shape index (κ2) is 6.30. The van der Waals surface area contributed by atoms with Crippen LogP contribution in [0.4, 0.5) is 0 Å². The second-order valence-corrected chi connectivity index (χ2v) is 5.69. The van der Waals surface area contributed by atoms with Crippen molar-refractivity contribution in [3.63, 3.8) is 0 Å². The largest absolute Gasteiger partial charge is 0.355 e. The molecule has 0 radical (unpaired) electrons. The molecule has 0 aromatic heterocycles. The first-order valence-electron chi connectivity index (χ1n) is 5.84. The fourth-order valence-electron chi connectivity index (χ4n) is 2.08. The van der Waals surface area contributed by atoms with Gasteiger partial charge in [-0.25, -0.2) is 0 Å². The highest BCUT2D eigenvalue weighted by Crippen LogP contribution is 2.36. The molecule has 4 heteroatoms. The quantitative estimate of drug-likeness (QED) is 0.549. The highest BCUT2D eigenvalue weighted by Gasteiger charge is 2.42. The minimum Gasteiger partial charge on any atom is -0.355 e. The third kappa shape index (κ3) is 3.25. The number of amides is 1. The van der Waals surface area contributed by atoms with Crippen LogP contribution in [0.15, 0.2) is 12.7 Å². The first-order valence-corrected chi connectivity index (χ1v) is 6.99. The number of nitrogens with one attached hydrogen (secondary N) is 1. The predicted octanol–water partition coefficient (Wildman–Crippen LogP) is 1.54. The molecule has 1 fully saturated rings. The molecule has 0 spiro atoms. The SMILES string of the molecule is C=CCSCCNC(=O)C1(C)CCCC1N. The molecule has 2 atom stereocenters. The fourth-order valence-corrected chi connectivity index (χ4v) is 2.66. The average molecular weight is 242 g/mol. The maximum absolute atomic E-state index is 12.0. The predicted molar refractivity (Wildman–Crippen MR) is 70.5 cm³/mol. The van der Waals surface area contributed by atoms with E-state index in [4.69, 9.17) is 5.73 Å². The van der Waals surface area contributed by atoms with Crippen LogP contribution in [0, 0.1) is 5.41 Å². The zero-order valence-corrected chi connectivity index (χ0v) is 10.8. The van der Waals surface area contributed by atoms with Crippen LogP contribution in [0.3, 0.4) is 0 Å². The second-order valence-electron chi connectivity index (χ2n) is 4.54. The first kappa shape index (κ1) is 13.6. The van der Waals surface area contributed by atoms with Gasteiger partial charge in [-0.2, -0.15) is 11.8 Å². The molecule has 1 aliphatic carbocycles. The number of carbonyl (C=O) groups is 1. The number of hydrogen-bond acceptors (Lipinski definition) is 3. The van der Waals surface area contributed by atoms with E-state index in [1.807, 2.05) is 13.0 Å². The van der Waals surface area contributed by atoms with E-state index in [0.717, 1.165) is 37.3 Å². The van der Waals surface area contributed by atoms with Crippen LogP contribution in [-0.2, 0) is 4.79 Å². The van der Waals surface area contributed by atoms with Gasteiger partial charge in [0, 0.05) is 24.1 Å². The summed E-state index contributed by atoms with van der Waals surface area (Å²) in [6, 6.07) is 0.0216. The Hall–Kier alpha value is -0.480. The summed E-state index contributed by atoms with van der Waals surface area (Å²) in [5, 5.41) is 2.98. The van der Waals surface area contributed by atoms with E-state index in [1.165, 1.54) is 0 Å². The third-order valence-electron chi connectivity index (χ3n) is 3.32. The Balaban J connectivity index is 2.26. The van der Waals surface area contributed by atoms with Crippen molar-refractivity contribution in [1.29, 1.82) is 0 Å². The summed E-state index contributed by atoms with van der Waals surface area (Å²) >= 11 is 1.77. The maximum Gasteiger partial charge on any atom is 0.227 e. The standard InChI is InChI=1S/C12H22N2OS/c1-3-8-16-9-7-14-11(15)12(2)6-4-5-10(12)13/h3,10H,1,4-9,13H2,2H3,(H,14,15). The summed E-state index contributed by atoms with van der Waals surface area (Å²) in [6.45, 7) is 6.36. The van der Waals surface area contributed by atoms with Crippen LogP contribution in [0.1, 0.15) is 26.2 Å². The smallest absolute Gasteiger partial charge is 0.227 e. The zero-order chi connectivity index (χ0) is 12.0. The Bertz CT molecular complexity index is 257. The third-order valence-corrected chi connectivity index (χ3v) is 4.28. The lowest BCUT2D eigenvalue weighted by Gasteiger charge is -2.27. The van der Waals surface area contributed by atoms with Crippen molar-refractivity contribution in [2.24, 2.45) is 11.1 Å². The van der Waals surface area contributed by atoms with E-state index in [2.05, 4.69) is 11.9 Å². The van der Waals surface area contributed by atoms with Crippen LogP contribution in [0.2, 0.25) is 0 Å². The summed E-state index contributed by atoms with van der Waals surface area (Å²) in [4.78, 5) is 12.0. The molecule has 16 heavy (non-hydrogen) atoms. The molecule has 1 saturated carbocycles. The molecule has 1 rings (SSSR count). The van der Waals surface area contributed by atoms with Crippen molar-refractivity contribution in [2.75, 3.05) is 18.1 Å². The molecule has 92 valence electrons. The maximum atomic E-state index is 12.0. The van der Waals surface area contributed by atoms with E-state index in [1.54, 1.807) is 11.8 Å². The lowest BCUT2D eigenvalue weighted by Crippen LogP contribution is -2.47. The Morgan fingerprint density at radius 3 is 3.06 bits per heavy atom. The highest BCUT2D eigenvalue weighted by molar-refractivity contribution is 7.99. The summed E-state index contributed by atoms with van der Waals surface area (Å²) in [7, 11) is 0. The van der Waals surface area contributed by atoms with Gasteiger partial charge in [-0.05, 0) is 19.8 Å². The van der Waals surface area contributed by atoms with E-state index >= 15 is 0 Å². The average Bonchev–Trinajstić information content (AvgIpc) is 2.60. The Kier molecular flexibility index (Phi) is 5.35. The normalized spacial score (nSPS) is 29.0. The van der Waals surface area contributed by atoms with Gasteiger partial charge in [0.05, 0.1) is 5.41 Å². The molecule has 3 nitrogen and oxygen atoms in total. The van der Waals surface area contributed by atoms with Gasteiger partial charge < -0.3 is 11.1 Å². The van der Waals surface area contributed by atoms with Crippen molar-refractivity contribution in [3.05, 3.63) is 12.7 Å². The minimum atomic E-state index is -0.344. The lowest BCUT2D eigenvalue weighted by atomic mass is 9.84. The number of thioether (sulfide) groups is 1. The van der Waals surface area contributed by atoms with Gasteiger partial charge in [-0.15, -0.1) is 6.58 Å². The summed E-state index contributed by atoms with van der Waals surface area (Å²) in [6.07, 6.45) is 4.83. The zero-order valence-electron chi connectivity index (χ0n) is 10.00. The molecule has 0 saturated heterocycles. The van der Waals surface area contributed by atoms with Crippen LogP contribution in [0.5, 0.6) is 0 Å². The molecule has 2 unspecified atom stereocenters. The van der Waals surface area contributed by atoms with E-state index in [-0.39, 0.29) is 17.4 Å². The van der Waals surface area contributed by atoms with Crippen molar-refractivity contribution >= 4 is 17.7 Å². The fraction of sp³-hybridized carbons (Fsp3) is 0.750. The molecular formula is C12H22N2OS. The number of carbonyl (C=O) groups excluding carboxylic acids is 1. The van der Waals surface area contributed by atoms with Crippen molar-refractivity contribution < 1.29 is 4.79 Å². The van der Waals surface area contributed by atoms with Gasteiger partial charge in [0.2, 0.25) is 5.91 Å². The van der Waals surface area contributed by atoms with E-state index in [9.17, 15) is 4.79 Å². The molecule has 1 amide bonds. The summed E-state index contributed by atoms with van der Waals surface area (Å²) < 4.78 is 0. The summed E-state index contributed by atoms with van der Waals surface area (Å²) in [5.41, 5.74) is 5.64.